The van der Waals surface area contributed by atoms with Gasteiger partial charge in [0.1, 0.15) is 5.75 Å². The van der Waals surface area contributed by atoms with Gasteiger partial charge < -0.3 is 9.84 Å². The summed E-state index contributed by atoms with van der Waals surface area (Å²) in [6.45, 7) is 0.547. The Bertz CT molecular complexity index is 687. The van der Waals surface area contributed by atoms with E-state index in [1.54, 1.807) is 18.2 Å². The summed E-state index contributed by atoms with van der Waals surface area (Å²) in [5.74, 6) is 0.959. The van der Waals surface area contributed by atoms with Gasteiger partial charge in [-0.3, -0.25) is 0 Å². The van der Waals surface area contributed by atoms with E-state index in [1.165, 1.54) is 10.5 Å². The summed E-state index contributed by atoms with van der Waals surface area (Å²) in [7, 11) is 0. The normalized spacial score (nSPS) is 16.5. The molecule has 2 aromatic carbocycles. The summed E-state index contributed by atoms with van der Waals surface area (Å²) < 4.78 is 6.61. The van der Waals surface area contributed by atoms with E-state index in [-0.39, 0.29) is 5.56 Å². The van der Waals surface area contributed by atoms with E-state index in [1.807, 2.05) is 23.9 Å². The van der Waals surface area contributed by atoms with Gasteiger partial charge in [0.15, 0.2) is 0 Å². The van der Waals surface area contributed by atoms with Crippen molar-refractivity contribution in [3.8, 4) is 5.75 Å². The monoisotopic (exact) mass is 364 g/mol. The molecule has 0 saturated heterocycles. The quantitative estimate of drug-likeness (QED) is 0.872. The zero-order chi connectivity index (χ0) is 14.8. The van der Waals surface area contributed by atoms with Gasteiger partial charge in [-0.15, -0.1) is 11.8 Å². The van der Waals surface area contributed by atoms with Crippen LogP contribution in [0.1, 0.15) is 21.8 Å². The molecule has 0 saturated carbocycles. The maximum atomic E-state index is 11.0. The number of thioether (sulfide) groups is 1. The Labute approximate surface area is 135 Å². The largest absolute Gasteiger partial charge is 0.492 e. The number of halogens is 1. The second-order valence-corrected chi connectivity index (χ2v) is 6.72. The lowest BCUT2D eigenvalue weighted by Crippen LogP contribution is -2.10. The summed E-state index contributed by atoms with van der Waals surface area (Å²) in [5, 5.41) is 9.04. The van der Waals surface area contributed by atoms with Crippen LogP contribution in [0.2, 0.25) is 0 Å². The van der Waals surface area contributed by atoms with Crippen molar-refractivity contribution in [1.82, 2.24) is 0 Å². The van der Waals surface area contributed by atoms with Crippen molar-refractivity contribution in [2.24, 2.45) is 0 Å². The highest BCUT2D eigenvalue weighted by molar-refractivity contribution is 9.10. The fraction of sp³-hybridized carbons (Fsp3) is 0.188. The Balaban J connectivity index is 1.74. The molecule has 1 N–H and O–H groups in total. The SMILES string of the molecule is O=C(O)c1ccc(Br)c(OCC2CSc3ccccc32)c1. The number of hydrogen-bond acceptors (Lipinski definition) is 3. The van der Waals surface area contributed by atoms with Crippen LogP contribution >= 0.6 is 27.7 Å². The van der Waals surface area contributed by atoms with Crippen LogP contribution < -0.4 is 4.74 Å². The predicted octanol–water partition coefficient (Wildman–Crippen LogP) is 4.42. The number of carboxylic acids is 1. The highest BCUT2D eigenvalue weighted by atomic mass is 79.9. The molecular formula is C16H13BrO3S. The molecule has 0 bridgehead atoms. The lowest BCUT2D eigenvalue weighted by Gasteiger charge is -2.14. The van der Waals surface area contributed by atoms with Crippen molar-refractivity contribution in [3.05, 3.63) is 58.1 Å². The maximum Gasteiger partial charge on any atom is 0.335 e. The van der Waals surface area contributed by atoms with E-state index in [0.717, 1.165) is 10.2 Å². The van der Waals surface area contributed by atoms with E-state index in [9.17, 15) is 4.79 Å². The average Bonchev–Trinajstić information content (AvgIpc) is 2.89. The van der Waals surface area contributed by atoms with Crippen LogP contribution in [0.3, 0.4) is 0 Å². The Morgan fingerprint density at radius 2 is 2.14 bits per heavy atom. The third-order valence-electron chi connectivity index (χ3n) is 3.42. The van der Waals surface area contributed by atoms with Gasteiger partial charge in [-0.2, -0.15) is 0 Å². The summed E-state index contributed by atoms with van der Waals surface area (Å²) in [6.07, 6.45) is 0. The Morgan fingerprint density at radius 3 is 2.95 bits per heavy atom. The van der Waals surface area contributed by atoms with Crippen molar-refractivity contribution >= 4 is 33.7 Å². The molecule has 2 aromatic rings. The van der Waals surface area contributed by atoms with Crippen LogP contribution in [0, 0.1) is 0 Å². The first-order chi connectivity index (χ1) is 10.1. The van der Waals surface area contributed by atoms with E-state index < -0.39 is 5.97 Å². The van der Waals surface area contributed by atoms with Crippen molar-refractivity contribution < 1.29 is 14.6 Å². The lowest BCUT2D eigenvalue weighted by atomic mass is 10.0. The Morgan fingerprint density at radius 1 is 1.33 bits per heavy atom. The number of ether oxygens (including phenoxy) is 1. The van der Waals surface area contributed by atoms with Gasteiger partial charge in [0, 0.05) is 16.6 Å². The van der Waals surface area contributed by atoms with E-state index >= 15 is 0 Å². The van der Waals surface area contributed by atoms with Crippen LogP contribution in [0.25, 0.3) is 0 Å². The number of carbonyl (C=O) groups is 1. The molecule has 0 radical (unpaired) electrons. The standard InChI is InChI=1S/C16H13BrO3S/c17-13-6-5-10(16(18)19)7-14(13)20-8-11-9-21-15-4-2-1-3-12(11)15/h1-7,11H,8-9H2,(H,18,19). The third kappa shape index (κ3) is 3.09. The molecule has 5 heteroatoms. The summed E-state index contributed by atoms with van der Waals surface area (Å²) >= 11 is 5.24. The highest BCUT2D eigenvalue weighted by Crippen LogP contribution is 2.39. The smallest absolute Gasteiger partial charge is 0.335 e. The zero-order valence-electron chi connectivity index (χ0n) is 11.1. The highest BCUT2D eigenvalue weighted by Gasteiger charge is 2.23. The summed E-state index contributed by atoms with van der Waals surface area (Å²) in [5.41, 5.74) is 1.54. The van der Waals surface area contributed by atoms with Crippen LogP contribution in [0.5, 0.6) is 5.75 Å². The molecule has 0 aliphatic carbocycles. The van der Waals surface area contributed by atoms with Gasteiger partial charge in [-0.1, -0.05) is 18.2 Å². The van der Waals surface area contributed by atoms with Crippen molar-refractivity contribution in [1.29, 1.82) is 0 Å². The summed E-state index contributed by atoms with van der Waals surface area (Å²) in [6, 6.07) is 13.2. The summed E-state index contributed by atoms with van der Waals surface area (Å²) in [4.78, 5) is 12.3. The molecule has 1 heterocycles. The molecule has 0 aromatic heterocycles. The predicted molar refractivity (Wildman–Crippen MR) is 86.5 cm³/mol. The molecule has 1 atom stereocenters. The first-order valence-electron chi connectivity index (χ1n) is 6.52. The molecule has 0 spiro atoms. The van der Waals surface area contributed by atoms with Crippen molar-refractivity contribution in [2.75, 3.05) is 12.4 Å². The number of carboxylic acid groups (broad SMARTS) is 1. The third-order valence-corrected chi connectivity index (χ3v) is 5.32. The molecular weight excluding hydrogens is 352 g/mol. The van der Waals surface area contributed by atoms with E-state index in [4.69, 9.17) is 9.84 Å². The first-order valence-corrected chi connectivity index (χ1v) is 8.30. The topological polar surface area (TPSA) is 46.5 Å². The molecule has 0 fully saturated rings. The molecule has 0 amide bonds. The van der Waals surface area contributed by atoms with E-state index in [0.29, 0.717) is 18.3 Å². The van der Waals surface area contributed by atoms with E-state index in [2.05, 4.69) is 28.1 Å². The Hall–Kier alpha value is -1.46. The van der Waals surface area contributed by atoms with Gasteiger partial charge in [-0.05, 0) is 45.8 Å². The number of fused-ring (bicyclic) bond motifs is 1. The van der Waals surface area contributed by atoms with Gasteiger partial charge >= 0.3 is 5.97 Å². The van der Waals surface area contributed by atoms with Gasteiger partial charge in [0.2, 0.25) is 0 Å². The number of benzene rings is 2. The molecule has 3 nitrogen and oxygen atoms in total. The first kappa shape index (κ1) is 14.5. The average molecular weight is 365 g/mol. The van der Waals surface area contributed by atoms with Crippen LogP contribution in [0.4, 0.5) is 0 Å². The van der Waals surface area contributed by atoms with Crippen LogP contribution in [0.15, 0.2) is 51.8 Å². The van der Waals surface area contributed by atoms with Crippen LogP contribution in [-0.2, 0) is 0 Å². The van der Waals surface area contributed by atoms with Gasteiger partial charge in [0.25, 0.3) is 0 Å². The molecule has 1 aliphatic heterocycles. The minimum atomic E-state index is -0.950. The molecule has 21 heavy (non-hydrogen) atoms. The lowest BCUT2D eigenvalue weighted by molar-refractivity contribution is 0.0696. The molecule has 1 aliphatic rings. The second kappa shape index (κ2) is 6.12. The molecule has 3 rings (SSSR count). The maximum absolute atomic E-state index is 11.0. The zero-order valence-corrected chi connectivity index (χ0v) is 13.5. The van der Waals surface area contributed by atoms with Crippen molar-refractivity contribution in [3.63, 3.8) is 0 Å². The van der Waals surface area contributed by atoms with Crippen molar-refractivity contribution in [2.45, 2.75) is 10.8 Å². The van der Waals surface area contributed by atoms with Gasteiger partial charge in [-0.25, -0.2) is 4.79 Å². The van der Waals surface area contributed by atoms with Crippen LogP contribution in [-0.4, -0.2) is 23.4 Å². The Kier molecular flexibility index (Phi) is 4.22. The fourth-order valence-corrected chi connectivity index (χ4v) is 3.90. The number of aromatic carboxylic acids is 1. The second-order valence-electron chi connectivity index (χ2n) is 4.81. The molecule has 1 unspecified atom stereocenters. The fourth-order valence-electron chi connectivity index (χ4n) is 2.30. The number of rotatable bonds is 4. The minimum absolute atomic E-state index is 0.231. The van der Waals surface area contributed by atoms with Gasteiger partial charge in [0.05, 0.1) is 16.6 Å². The molecule has 108 valence electrons. The number of hydrogen-bond donors (Lipinski definition) is 1. The minimum Gasteiger partial charge on any atom is -0.492 e.